The van der Waals surface area contributed by atoms with Gasteiger partial charge < -0.3 is 15.2 Å². The molecule has 0 aliphatic carbocycles. The molecule has 10 heteroatoms. The Morgan fingerprint density at radius 3 is 2.58 bits per heavy atom. The van der Waals surface area contributed by atoms with E-state index in [-0.39, 0.29) is 29.6 Å². The first-order valence-electron chi connectivity index (χ1n) is 11.2. The standard InChI is InChI=1S/C26H23F3N4O3/c1-25(13-15-5-8-17(9-6-15)35-23(28)29)14-26(22(34)33(2)24(30)32-26)19-12-16(7-10-20(19)36-25)18-4-3-11-31-21(18)27/h3-12,23H,13-14H2,1-2H3,(H2,30,32)/t25-,26?/m1/s1. The average Bonchev–Trinajstić information content (AvgIpc) is 3.03. The van der Waals surface area contributed by atoms with Gasteiger partial charge in [-0.25, -0.2) is 9.98 Å². The topological polar surface area (TPSA) is 90.0 Å². The third-order valence-corrected chi connectivity index (χ3v) is 6.52. The lowest BCUT2D eigenvalue weighted by atomic mass is 9.74. The zero-order valence-electron chi connectivity index (χ0n) is 19.5. The average molecular weight is 496 g/mol. The fourth-order valence-electron chi connectivity index (χ4n) is 4.96. The SMILES string of the molecule is CN1C(=O)C2(C[C@@](C)(Cc3ccc(OC(F)F)cc3)Oc3ccc(-c4cccnc4F)cc32)N=C1N. The van der Waals surface area contributed by atoms with E-state index < -0.39 is 23.7 Å². The van der Waals surface area contributed by atoms with Crippen molar-refractivity contribution in [1.29, 1.82) is 0 Å². The highest BCUT2D eigenvalue weighted by molar-refractivity contribution is 6.07. The second-order valence-corrected chi connectivity index (χ2v) is 9.18. The fourth-order valence-corrected chi connectivity index (χ4v) is 4.96. The van der Waals surface area contributed by atoms with Gasteiger partial charge in [0.1, 0.15) is 17.1 Å². The van der Waals surface area contributed by atoms with Gasteiger partial charge in [0.15, 0.2) is 11.5 Å². The Morgan fingerprint density at radius 2 is 1.94 bits per heavy atom. The molecular weight excluding hydrogens is 473 g/mol. The Balaban J connectivity index is 1.56. The normalized spacial score (nSPS) is 23.0. The Kier molecular flexibility index (Phi) is 5.61. The van der Waals surface area contributed by atoms with Crippen LogP contribution in [0.4, 0.5) is 13.2 Å². The summed E-state index contributed by atoms with van der Waals surface area (Å²) >= 11 is 0. The van der Waals surface area contributed by atoms with E-state index in [1.54, 1.807) is 49.5 Å². The maximum absolute atomic E-state index is 14.4. The number of fused-ring (bicyclic) bond motifs is 2. The van der Waals surface area contributed by atoms with Crippen LogP contribution in [0, 0.1) is 5.95 Å². The lowest BCUT2D eigenvalue weighted by molar-refractivity contribution is -0.133. The van der Waals surface area contributed by atoms with Gasteiger partial charge in [-0.2, -0.15) is 13.2 Å². The lowest BCUT2D eigenvalue weighted by Crippen LogP contribution is -2.51. The summed E-state index contributed by atoms with van der Waals surface area (Å²) in [6, 6.07) is 14.6. The molecule has 3 aromatic rings. The summed E-state index contributed by atoms with van der Waals surface area (Å²) < 4.78 is 50.2. The number of aromatic nitrogens is 1. The summed E-state index contributed by atoms with van der Waals surface area (Å²) in [6.45, 7) is -1.06. The molecule has 36 heavy (non-hydrogen) atoms. The summed E-state index contributed by atoms with van der Waals surface area (Å²) in [4.78, 5) is 23.2. The predicted octanol–water partition coefficient (Wildman–Crippen LogP) is 4.26. The number of hydrogen-bond acceptors (Lipinski definition) is 6. The molecule has 2 atom stereocenters. The number of amides is 1. The Bertz CT molecular complexity index is 1360. The first-order valence-corrected chi connectivity index (χ1v) is 11.2. The largest absolute Gasteiger partial charge is 0.487 e. The van der Waals surface area contributed by atoms with Gasteiger partial charge in [-0.05, 0) is 54.4 Å². The van der Waals surface area contributed by atoms with Gasteiger partial charge in [0.25, 0.3) is 5.91 Å². The molecule has 0 saturated carbocycles. The van der Waals surface area contributed by atoms with Crippen LogP contribution < -0.4 is 15.2 Å². The molecule has 1 unspecified atom stereocenters. The van der Waals surface area contributed by atoms with Crippen LogP contribution in [0.1, 0.15) is 24.5 Å². The van der Waals surface area contributed by atoms with E-state index in [1.165, 1.54) is 23.2 Å². The highest BCUT2D eigenvalue weighted by Gasteiger charge is 2.56. The van der Waals surface area contributed by atoms with E-state index in [0.717, 1.165) is 5.56 Å². The molecule has 1 aromatic heterocycles. The molecule has 2 aromatic carbocycles. The molecule has 2 aliphatic rings. The van der Waals surface area contributed by atoms with Crippen molar-refractivity contribution in [3.63, 3.8) is 0 Å². The van der Waals surface area contributed by atoms with Gasteiger partial charge in [-0.3, -0.25) is 9.69 Å². The Morgan fingerprint density at radius 1 is 1.19 bits per heavy atom. The van der Waals surface area contributed by atoms with Crippen molar-refractivity contribution >= 4 is 11.9 Å². The summed E-state index contributed by atoms with van der Waals surface area (Å²) in [5, 5.41) is 0. The van der Waals surface area contributed by atoms with Crippen LogP contribution in [0.15, 0.2) is 65.8 Å². The highest BCUT2D eigenvalue weighted by atomic mass is 19.3. The number of nitrogens with zero attached hydrogens (tertiary/aromatic N) is 3. The number of carbonyl (C=O) groups excluding carboxylic acids is 1. The van der Waals surface area contributed by atoms with Gasteiger partial charge in [-0.15, -0.1) is 0 Å². The van der Waals surface area contributed by atoms with Crippen molar-refractivity contribution in [3.05, 3.63) is 77.9 Å². The van der Waals surface area contributed by atoms with Gasteiger partial charge in [0.05, 0.1) is 0 Å². The van der Waals surface area contributed by atoms with Crippen molar-refractivity contribution in [2.45, 2.75) is 37.5 Å². The number of alkyl halides is 2. The second-order valence-electron chi connectivity index (χ2n) is 9.18. The van der Waals surface area contributed by atoms with Crippen LogP contribution in [-0.4, -0.2) is 41.0 Å². The van der Waals surface area contributed by atoms with Crippen molar-refractivity contribution < 1.29 is 27.4 Å². The summed E-state index contributed by atoms with van der Waals surface area (Å²) in [6.07, 6.45) is 1.87. The molecule has 0 saturated heterocycles. The molecule has 0 radical (unpaired) electrons. The number of benzene rings is 2. The van der Waals surface area contributed by atoms with Gasteiger partial charge in [0, 0.05) is 37.2 Å². The van der Waals surface area contributed by atoms with Crippen LogP contribution in [-0.2, 0) is 16.8 Å². The fraction of sp³-hybridized carbons (Fsp3) is 0.269. The predicted molar refractivity (Wildman–Crippen MR) is 126 cm³/mol. The zero-order valence-corrected chi connectivity index (χ0v) is 19.5. The first-order chi connectivity index (χ1) is 17.1. The van der Waals surface area contributed by atoms with Gasteiger partial charge in [0.2, 0.25) is 5.95 Å². The van der Waals surface area contributed by atoms with Crippen molar-refractivity contribution in [2.24, 2.45) is 10.7 Å². The third-order valence-electron chi connectivity index (χ3n) is 6.52. The second kappa shape index (κ2) is 8.54. The van der Waals surface area contributed by atoms with Crippen molar-refractivity contribution in [2.75, 3.05) is 7.05 Å². The Labute approximate surface area is 205 Å². The smallest absolute Gasteiger partial charge is 0.387 e. The number of aliphatic imine (C=N–C) groups is 1. The number of hydrogen-bond donors (Lipinski definition) is 1. The lowest BCUT2D eigenvalue weighted by Gasteiger charge is -2.43. The molecular formula is C26H23F3N4O3. The molecule has 1 spiro atoms. The quantitative estimate of drug-likeness (QED) is 0.534. The first kappa shape index (κ1) is 23.7. The molecule has 1 amide bonds. The summed E-state index contributed by atoms with van der Waals surface area (Å²) in [7, 11) is 1.55. The number of ether oxygens (including phenoxy) is 2. The number of likely N-dealkylation sites (N-methyl/N-ethyl adjacent to an activating group) is 1. The van der Waals surface area contributed by atoms with Gasteiger partial charge in [-0.1, -0.05) is 18.2 Å². The number of nitrogens with two attached hydrogens (primary N) is 1. The highest BCUT2D eigenvalue weighted by Crippen LogP contribution is 2.50. The van der Waals surface area contributed by atoms with Crippen LogP contribution in [0.25, 0.3) is 11.1 Å². The molecule has 186 valence electrons. The van der Waals surface area contributed by atoms with E-state index in [2.05, 4.69) is 14.7 Å². The number of carbonyl (C=O) groups is 1. The van der Waals surface area contributed by atoms with Crippen LogP contribution >= 0.6 is 0 Å². The molecule has 3 heterocycles. The maximum Gasteiger partial charge on any atom is 0.387 e. The number of guanidine groups is 1. The van der Waals surface area contributed by atoms with E-state index in [9.17, 15) is 18.0 Å². The van der Waals surface area contributed by atoms with Gasteiger partial charge >= 0.3 is 6.61 Å². The zero-order chi connectivity index (χ0) is 25.7. The van der Waals surface area contributed by atoms with E-state index in [1.807, 2.05) is 6.92 Å². The van der Waals surface area contributed by atoms with Crippen LogP contribution in [0.2, 0.25) is 0 Å². The third kappa shape index (κ3) is 4.02. The molecule has 0 bridgehead atoms. The molecule has 7 nitrogen and oxygen atoms in total. The van der Waals surface area contributed by atoms with E-state index in [4.69, 9.17) is 10.5 Å². The minimum Gasteiger partial charge on any atom is -0.487 e. The molecule has 2 aliphatic heterocycles. The summed E-state index contributed by atoms with van der Waals surface area (Å²) in [5.41, 5.74) is 5.89. The number of halogens is 3. The van der Waals surface area contributed by atoms with Crippen molar-refractivity contribution in [1.82, 2.24) is 9.88 Å². The number of pyridine rings is 1. The maximum atomic E-state index is 14.4. The van der Waals surface area contributed by atoms with E-state index >= 15 is 0 Å². The van der Waals surface area contributed by atoms with Crippen LogP contribution in [0.5, 0.6) is 11.5 Å². The minimum atomic E-state index is -2.91. The van der Waals surface area contributed by atoms with Crippen LogP contribution in [0.3, 0.4) is 0 Å². The number of rotatable bonds is 5. The Hall–Kier alpha value is -4.08. The molecule has 0 fully saturated rings. The monoisotopic (exact) mass is 496 g/mol. The summed E-state index contributed by atoms with van der Waals surface area (Å²) in [5.74, 6) is -0.410. The minimum absolute atomic E-state index is 0.0467. The van der Waals surface area contributed by atoms with Crippen molar-refractivity contribution in [3.8, 4) is 22.6 Å². The van der Waals surface area contributed by atoms with E-state index in [0.29, 0.717) is 23.3 Å². The molecule has 5 rings (SSSR count). The molecule has 2 N–H and O–H groups in total.